The van der Waals surface area contributed by atoms with Crippen LogP contribution >= 0.6 is 0 Å². The third-order valence-corrected chi connectivity index (χ3v) is 5.60. The summed E-state index contributed by atoms with van der Waals surface area (Å²) < 4.78 is 25.5. The van der Waals surface area contributed by atoms with Gasteiger partial charge in [0.2, 0.25) is 0 Å². The Labute approximate surface area is 211 Å². The first-order valence-corrected chi connectivity index (χ1v) is 11.2. The minimum Gasteiger partial charge on any atom is -0.494 e. The van der Waals surface area contributed by atoms with Crippen LogP contribution in [0.15, 0.2) is 60.7 Å². The fraction of sp³-hybridized carbons (Fsp3) is 0.160. The summed E-state index contributed by atoms with van der Waals surface area (Å²) in [6.45, 7) is 3.73. The number of nitrogens with one attached hydrogen (secondary N) is 2. The molecule has 4 amide bonds. The molecule has 0 aliphatic carbocycles. The molecule has 0 aromatic heterocycles. The van der Waals surface area contributed by atoms with Crippen LogP contribution in [-0.2, 0) is 0 Å². The highest BCUT2D eigenvalue weighted by molar-refractivity contribution is 6.08. The highest BCUT2D eigenvalue weighted by atomic mass is 19.1. The number of carboxylic acid groups (broad SMARTS) is 1. The average molecular weight is 509 g/mol. The van der Waals surface area contributed by atoms with Crippen molar-refractivity contribution in [2.75, 3.05) is 23.6 Å². The number of anilines is 2. The van der Waals surface area contributed by atoms with Crippen LogP contribution in [-0.4, -0.2) is 41.8 Å². The van der Waals surface area contributed by atoms with Crippen molar-refractivity contribution in [1.82, 2.24) is 16.1 Å². The van der Waals surface area contributed by atoms with Gasteiger partial charge in [-0.3, -0.25) is 4.90 Å². The van der Waals surface area contributed by atoms with Crippen LogP contribution in [0, 0.1) is 12.7 Å². The predicted octanol–water partition coefficient (Wildman–Crippen LogP) is 4.45. The van der Waals surface area contributed by atoms with Crippen LogP contribution in [0.2, 0.25) is 0 Å². The predicted molar refractivity (Wildman–Crippen MR) is 132 cm³/mol. The first kappa shape index (κ1) is 25.4. The molecule has 3 aromatic carbocycles. The fourth-order valence-electron chi connectivity index (χ4n) is 3.73. The molecule has 0 bridgehead atoms. The number of para-hydroxylation sites is 1. The van der Waals surface area contributed by atoms with Crippen LogP contribution in [0.4, 0.5) is 25.4 Å². The van der Waals surface area contributed by atoms with Crippen LogP contribution in [0.3, 0.4) is 0 Å². The molecule has 1 fully saturated rings. The van der Waals surface area contributed by atoms with E-state index in [0.29, 0.717) is 22.2 Å². The van der Waals surface area contributed by atoms with Gasteiger partial charge in [-0.05, 0) is 61.9 Å². The molecule has 0 radical (unpaired) electrons. The molecular weight excluding hydrogens is 485 g/mol. The van der Waals surface area contributed by atoms with E-state index in [2.05, 4.69) is 11.1 Å². The van der Waals surface area contributed by atoms with E-state index in [4.69, 9.17) is 14.6 Å². The molecule has 192 valence electrons. The van der Waals surface area contributed by atoms with Gasteiger partial charge in [-0.25, -0.2) is 23.8 Å². The Kier molecular flexibility index (Phi) is 7.22. The monoisotopic (exact) mass is 509 g/mol. The maximum atomic E-state index is 14.5. The Morgan fingerprint density at radius 3 is 2.41 bits per heavy atom. The van der Waals surface area contributed by atoms with E-state index in [0.717, 1.165) is 10.6 Å². The minimum absolute atomic E-state index is 0.0985. The summed E-state index contributed by atoms with van der Waals surface area (Å²) in [5, 5.41) is 10.6. The molecule has 1 heterocycles. The van der Waals surface area contributed by atoms with Gasteiger partial charge in [0.15, 0.2) is 5.82 Å². The van der Waals surface area contributed by atoms with Gasteiger partial charge in [0, 0.05) is 12.6 Å². The lowest BCUT2D eigenvalue weighted by atomic mass is 10.1. The molecule has 0 unspecified atom stereocenters. The number of halogens is 1. The van der Waals surface area contributed by atoms with Crippen LogP contribution in [0.25, 0.3) is 0 Å². The third-order valence-electron chi connectivity index (χ3n) is 5.60. The van der Waals surface area contributed by atoms with Gasteiger partial charge in [0.05, 0.1) is 18.4 Å². The fourth-order valence-corrected chi connectivity index (χ4v) is 3.73. The number of methoxy groups -OCH3 is 1. The summed E-state index contributed by atoms with van der Waals surface area (Å²) in [6, 6.07) is 13.5. The zero-order valence-corrected chi connectivity index (χ0v) is 20.2. The van der Waals surface area contributed by atoms with E-state index in [9.17, 15) is 18.8 Å². The SMILES string of the molecule is CCN(C(=O)N1NNN(c2c(F)cccc2OC)C1=O)c1cc(Oc2ccc(C(=O)O)cc2)ccc1C. The maximum Gasteiger partial charge on any atom is 0.364 e. The Morgan fingerprint density at radius 2 is 1.76 bits per heavy atom. The Bertz CT molecular complexity index is 1350. The van der Waals surface area contributed by atoms with E-state index in [1.807, 2.05) is 0 Å². The number of rotatable bonds is 7. The number of ether oxygens (including phenoxy) is 2. The summed E-state index contributed by atoms with van der Waals surface area (Å²) in [6.07, 6.45) is 0. The van der Waals surface area contributed by atoms with Gasteiger partial charge in [-0.2, -0.15) is 5.01 Å². The van der Waals surface area contributed by atoms with E-state index >= 15 is 0 Å². The Balaban J connectivity index is 1.57. The van der Waals surface area contributed by atoms with Gasteiger partial charge in [0.25, 0.3) is 0 Å². The molecule has 3 N–H and O–H groups in total. The summed E-state index contributed by atoms with van der Waals surface area (Å²) in [5.41, 5.74) is 6.12. The number of hydrogen-bond acceptors (Lipinski definition) is 7. The van der Waals surface area contributed by atoms with Crippen molar-refractivity contribution in [2.24, 2.45) is 0 Å². The Hall–Kier alpha value is -4.68. The van der Waals surface area contributed by atoms with Gasteiger partial charge < -0.3 is 14.6 Å². The molecule has 4 rings (SSSR count). The van der Waals surface area contributed by atoms with Crippen molar-refractivity contribution < 1.29 is 33.4 Å². The number of benzene rings is 3. The lowest BCUT2D eigenvalue weighted by molar-refractivity contribution is 0.0696. The van der Waals surface area contributed by atoms with E-state index in [-0.39, 0.29) is 23.5 Å². The topological polar surface area (TPSA) is 124 Å². The smallest absolute Gasteiger partial charge is 0.364 e. The van der Waals surface area contributed by atoms with Crippen molar-refractivity contribution in [1.29, 1.82) is 0 Å². The number of aromatic carboxylic acids is 1. The molecule has 12 heteroatoms. The number of hydrogen-bond donors (Lipinski definition) is 3. The third kappa shape index (κ3) is 5.01. The summed E-state index contributed by atoms with van der Waals surface area (Å²) >= 11 is 0. The number of nitrogens with zero attached hydrogens (tertiary/aromatic N) is 3. The van der Waals surface area contributed by atoms with E-state index in [1.165, 1.54) is 54.5 Å². The molecule has 1 aliphatic heterocycles. The largest absolute Gasteiger partial charge is 0.494 e. The normalized spacial score (nSPS) is 13.0. The van der Waals surface area contributed by atoms with Crippen molar-refractivity contribution in [2.45, 2.75) is 13.8 Å². The number of carbonyl (C=O) groups is 3. The summed E-state index contributed by atoms with van der Waals surface area (Å²) in [5.74, 6) is -0.870. The maximum absolute atomic E-state index is 14.5. The second-order valence-corrected chi connectivity index (χ2v) is 7.87. The first-order chi connectivity index (χ1) is 17.7. The summed E-state index contributed by atoms with van der Waals surface area (Å²) in [4.78, 5) is 38.9. The van der Waals surface area contributed by atoms with Crippen LogP contribution in [0.1, 0.15) is 22.8 Å². The molecule has 1 saturated heterocycles. The molecule has 1 aliphatic rings. The lowest BCUT2D eigenvalue weighted by Crippen LogP contribution is -2.50. The number of imide groups is 1. The second kappa shape index (κ2) is 10.5. The molecule has 0 atom stereocenters. The highest BCUT2D eigenvalue weighted by Gasteiger charge is 2.39. The molecule has 37 heavy (non-hydrogen) atoms. The quantitative estimate of drug-likeness (QED) is 0.427. The molecule has 0 spiro atoms. The van der Waals surface area contributed by atoms with Crippen LogP contribution < -0.4 is 30.5 Å². The Morgan fingerprint density at radius 1 is 1.05 bits per heavy atom. The second-order valence-electron chi connectivity index (χ2n) is 7.87. The van der Waals surface area contributed by atoms with Crippen molar-refractivity contribution in [3.8, 4) is 17.2 Å². The van der Waals surface area contributed by atoms with Gasteiger partial charge >= 0.3 is 18.0 Å². The zero-order chi connectivity index (χ0) is 26.7. The number of amides is 4. The van der Waals surface area contributed by atoms with Crippen molar-refractivity contribution in [3.05, 3.63) is 77.6 Å². The molecule has 0 saturated carbocycles. The standard InChI is InChI=1S/C25H24FN5O6/c1-4-29(20-14-18(11-8-15(20)2)37-17-12-9-16(10-13-17)23(32)33)24(34)31-25(35)30(27-28-31)22-19(26)6-5-7-21(22)36-3/h5-14,27-28H,4H2,1-3H3,(H,32,33). The minimum atomic E-state index is -1.05. The van der Waals surface area contributed by atoms with Gasteiger partial charge in [-0.1, -0.05) is 12.1 Å². The molecule has 3 aromatic rings. The van der Waals surface area contributed by atoms with E-state index in [1.54, 1.807) is 32.0 Å². The molecule has 11 nitrogen and oxygen atoms in total. The van der Waals surface area contributed by atoms with Gasteiger partial charge in [-0.15, -0.1) is 11.1 Å². The highest BCUT2D eigenvalue weighted by Crippen LogP contribution is 2.33. The zero-order valence-electron chi connectivity index (χ0n) is 20.2. The van der Waals surface area contributed by atoms with Crippen molar-refractivity contribution >= 4 is 29.4 Å². The van der Waals surface area contributed by atoms with E-state index < -0.39 is 23.8 Å². The number of carboxylic acids is 1. The number of urea groups is 2. The number of hydrazine groups is 3. The van der Waals surface area contributed by atoms with Crippen LogP contribution in [0.5, 0.6) is 17.2 Å². The molecular formula is C25H24FN5O6. The summed E-state index contributed by atoms with van der Waals surface area (Å²) in [7, 11) is 1.34. The number of aryl methyl sites for hydroxylation is 1. The average Bonchev–Trinajstić information content (AvgIpc) is 3.26. The number of carbonyl (C=O) groups excluding carboxylic acids is 2. The van der Waals surface area contributed by atoms with Gasteiger partial charge in [0.1, 0.15) is 22.9 Å². The first-order valence-electron chi connectivity index (χ1n) is 11.2. The lowest BCUT2D eigenvalue weighted by Gasteiger charge is -2.26. The van der Waals surface area contributed by atoms with Crippen molar-refractivity contribution in [3.63, 3.8) is 0 Å².